The maximum atomic E-state index is 11.6. The molecule has 0 aromatic heterocycles. The quantitative estimate of drug-likeness (QED) is 0.511. The van der Waals surface area contributed by atoms with Crippen molar-refractivity contribution in [1.82, 2.24) is 10.6 Å². The van der Waals surface area contributed by atoms with Crippen molar-refractivity contribution in [3.8, 4) is 0 Å². The number of carboxylic acids is 1. The highest BCUT2D eigenvalue weighted by Gasteiger charge is 2.39. The first-order valence-electron chi connectivity index (χ1n) is 7.00. The van der Waals surface area contributed by atoms with E-state index in [4.69, 9.17) is 5.73 Å². The molecule has 7 heteroatoms. The normalized spacial score (nSPS) is 17.2. The van der Waals surface area contributed by atoms with Gasteiger partial charge >= 0.3 is 12.0 Å². The van der Waals surface area contributed by atoms with Gasteiger partial charge in [-0.3, -0.25) is 9.59 Å². The molecule has 0 aromatic carbocycles. The molecule has 0 heterocycles. The second-order valence-corrected chi connectivity index (χ2v) is 5.33. The number of nitrogens with one attached hydrogen (secondary N) is 2. The summed E-state index contributed by atoms with van der Waals surface area (Å²) >= 11 is 0. The lowest BCUT2D eigenvalue weighted by atomic mass is 9.74. The molecule has 0 atom stereocenters. The van der Waals surface area contributed by atoms with Crippen molar-refractivity contribution in [1.29, 1.82) is 0 Å². The second kappa shape index (κ2) is 7.72. The number of carbonyl (C=O) groups is 3. The summed E-state index contributed by atoms with van der Waals surface area (Å²) in [6.07, 6.45) is 4.72. The Labute approximate surface area is 118 Å². The molecule has 0 aromatic rings. The van der Waals surface area contributed by atoms with Gasteiger partial charge in [0.1, 0.15) is 0 Å². The third-order valence-electron chi connectivity index (χ3n) is 3.74. The van der Waals surface area contributed by atoms with Crippen LogP contribution < -0.4 is 16.4 Å². The molecular weight excluding hydrogens is 262 g/mol. The molecule has 114 valence electrons. The minimum atomic E-state index is -0.841. The molecule has 1 fully saturated rings. The van der Waals surface area contributed by atoms with Crippen molar-refractivity contribution >= 4 is 17.9 Å². The molecule has 1 saturated carbocycles. The van der Waals surface area contributed by atoms with E-state index >= 15 is 0 Å². The van der Waals surface area contributed by atoms with Crippen molar-refractivity contribution in [3.05, 3.63) is 0 Å². The van der Waals surface area contributed by atoms with Gasteiger partial charge in [-0.25, -0.2) is 4.79 Å². The highest BCUT2D eigenvalue weighted by Crippen LogP contribution is 2.35. The summed E-state index contributed by atoms with van der Waals surface area (Å²) in [5.74, 6) is -1.24. The first kappa shape index (κ1) is 16.3. The van der Waals surface area contributed by atoms with Gasteiger partial charge in [0.2, 0.25) is 5.91 Å². The number of hydrogen-bond donors (Lipinski definition) is 4. The molecule has 0 spiro atoms. The fourth-order valence-electron chi connectivity index (χ4n) is 2.47. The summed E-state index contributed by atoms with van der Waals surface area (Å²) in [5.41, 5.74) is 4.15. The van der Waals surface area contributed by atoms with Crippen LogP contribution in [-0.2, 0) is 9.59 Å². The molecule has 5 N–H and O–H groups in total. The Balaban J connectivity index is 2.30. The Morgan fingerprint density at radius 3 is 2.30 bits per heavy atom. The summed E-state index contributed by atoms with van der Waals surface area (Å²) in [6, 6.07) is -0.402. The average molecular weight is 285 g/mol. The number of hydrogen-bond acceptors (Lipinski definition) is 3. The number of carbonyl (C=O) groups excluding carboxylic acids is 2. The topological polar surface area (TPSA) is 122 Å². The molecule has 0 radical (unpaired) electrons. The monoisotopic (exact) mass is 285 g/mol. The second-order valence-electron chi connectivity index (χ2n) is 5.33. The van der Waals surface area contributed by atoms with Crippen LogP contribution in [0.2, 0.25) is 0 Å². The minimum Gasteiger partial charge on any atom is -0.481 e. The number of amides is 3. The van der Waals surface area contributed by atoms with E-state index in [0.717, 1.165) is 19.3 Å². The highest BCUT2D eigenvalue weighted by atomic mass is 16.4. The minimum absolute atomic E-state index is 0.143. The van der Waals surface area contributed by atoms with E-state index in [1.165, 1.54) is 0 Å². The lowest BCUT2D eigenvalue weighted by Crippen LogP contribution is -2.47. The van der Waals surface area contributed by atoms with Crippen LogP contribution in [-0.4, -0.2) is 36.1 Å². The summed E-state index contributed by atoms with van der Waals surface area (Å²) in [7, 11) is 0. The fraction of sp³-hybridized carbons (Fsp3) is 0.769. The number of urea groups is 1. The molecule has 1 aliphatic carbocycles. The Hall–Kier alpha value is -1.79. The number of carboxylic acid groups (broad SMARTS) is 1. The maximum absolute atomic E-state index is 11.6. The van der Waals surface area contributed by atoms with Gasteiger partial charge in [-0.1, -0.05) is 19.3 Å². The number of rotatable bonds is 7. The summed E-state index contributed by atoms with van der Waals surface area (Å²) in [6.45, 7) is 0.485. The Bertz CT molecular complexity index is 365. The molecule has 3 amide bonds. The van der Waals surface area contributed by atoms with Crippen LogP contribution in [0.4, 0.5) is 4.79 Å². The lowest BCUT2D eigenvalue weighted by molar-refractivity contribution is -0.150. The standard InChI is InChI=1S/C13H23N3O4/c14-10(17)5-4-8-15-12(20)16-9-13(11(18)19)6-2-1-3-7-13/h1-9H2,(H2,14,17)(H,18,19)(H2,15,16,20). The molecule has 7 nitrogen and oxygen atoms in total. The van der Waals surface area contributed by atoms with Crippen molar-refractivity contribution in [2.75, 3.05) is 13.1 Å². The molecule has 0 bridgehead atoms. The van der Waals surface area contributed by atoms with Crippen LogP contribution >= 0.6 is 0 Å². The first-order chi connectivity index (χ1) is 9.46. The van der Waals surface area contributed by atoms with E-state index in [1.54, 1.807) is 0 Å². The van der Waals surface area contributed by atoms with Gasteiger partial charge in [-0.05, 0) is 19.3 Å². The summed E-state index contributed by atoms with van der Waals surface area (Å²) in [5, 5.41) is 14.6. The number of aliphatic carboxylic acids is 1. The molecule has 1 rings (SSSR count). The van der Waals surface area contributed by atoms with Crippen LogP contribution in [0.1, 0.15) is 44.9 Å². The first-order valence-corrected chi connectivity index (χ1v) is 7.00. The van der Waals surface area contributed by atoms with Gasteiger partial charge in [-0.2, -0.15) is 0 Å². The third kappa shape index (κ3) is 5.07. The average Bonchev–Trinajstić information content (AvgIpc) is 2.42. The molecule has 1 aliphatic rings. The lowest BCUT2D eigenvalue weighted by Gasteiger charge is -2.33. The van der Waals surface area contributed by atoms with E-state index in [-0.39, 0.29) is 13.0 Å². The van der Waals surface area contributed by atoms with Crippen LogP contribution in [0.5, 0.6) is 0 Å². The Kier molecular flexibility index (Phi) is 6.27. The van der Waals surface area contributed by atoms with Gasteiger partial charge in [-0.15, -0.1) is 0 Å². The van der Waals surface area contributed by atoms with E-state index < -0.39 is 23.3 Å². The number of primary amides is 1. The zero-order valence-electron chi connectivity index (χ0n) is 11.6. The van der Waals surface area contributed by atoms with Crippen molar-refractivity contribution in [2.24, 2.45) is 11.1 Å². The summed E-state index contributed by atoms with van der Waals surface area (Å²) < 4.78 is 0. The molecule has 20 heavy (non-hydrogen) atoms. The van der Waals surface area contributed by atoms with Gasteiger partial charge < -0.3 is 21.5 Å². The predicted molar refractivity (Wildman–Crippen MR) is 73.0 cm³/mol. The van der Waals surface area contributed by atoms with Crippen molar-refractivity contribution in [2.45, 2.75) is 44.9 Å². The van der Waals surface area contributed by atoms with Gasteiger partial charge in [0.05, 0.1) is 5.41 Å². The molecular formula is C13H23N3O4. The summed E-state index contributed by atoms with van der Waals surface area (Å²) in [4.78, 5) is 33.5. The zero-order chi connectivity index (χ0) is 15.0. The molecule has 0 aliphatic heterocycles. The SMILES string of the molecule is NC(=O)CCCNC(=O)NCC1(C(=O)O)CCCCC1. The molecule has 0 saturated heterocycles. The maximum Gasteiger partial charge on any atom is 0.314 e. The zero-order valence-corrected chi connectivity index (χ0v) is 11.6. The predicted octanol–water partition coefficient (Wildman–Crippen LogP) is 0.586. The third-order valence-corrected chi connectivity index (χ3v) is 3.74. The Morgan fingerprint density at radius 2 is 1.75 bits per heavy atom. The Morgan fingerprint density at radius 1 is 1.10 bits per heavy atom. The highest BCUT2D eigenvalue weighted by molar-refractivity contribution is 5.78. The van der Waals surface area contributed by atoms with Gasteiger partial charge in [0.15, 0.2) is 0 Å². The van der Waals surface area contributed by atoms with Crippen molar-refractivity contribution in [3.63, 3.8) is 0 Å². The van der Waals surface area contributed by atoms with Gasteiger partial charge in [0, 0.05) is 19.5 Å². The van der Waals surface area contributed by atoms with Gasteiger partial charge in [0.25, 0.3) is 0 Å². The molecule has 0 unspecified atom stereocenters. The van der Waals surface area contributed by atoms with E-state index in [2.05, 4.69) is 10.6 Å². The number of nitrogens with two attached hydrogens (primary N) is 1. The van der Waals surface area contributed by atoms with Crippen LogP contribution in [0.25, 0.3) is 0 Å². The van der Waals surface area contributed by atoms with Crippen LogP contribution in [0, 0.1) is 5.41 Å². The van der Waals surface area contributed by atoms with Crippen LogP contribution in [0.3, 0.4) is 0 Å². The van der Waals surface area contributed by atoms with E-state index in [9.17, 15) is 19.5 Å². The van der Waals surface area contributed by atoms with Crippen LogP contribution in [0.15, 0.2) is 0 Å². The largest absolute Gasteiger partial charge is 0.481 e. The van der Waals surface area contributed by atoms with Crippen molar-refractivity contribution < 1.29 is 19.5 Å². The van der Waals surface area contributed by atoms with E-state index in [1.807, 2.05) is 0 Å². The van der Waals surface area contributed by atoms with E-state index in [0.29, 0.717) is 25.8 Å². The fourth-order valence-corrected chi connectivity index (χ4v) is 2.47. The smallest absolute Gasteiger partial charge is 0.314 e.